The summed E-state index contributed by atoms with van der Waals surface area (Å²) in [5.41, 5.74) is 7.91. The van der Waals surface area contributed by atoms with Crippen molar-refractivity contribution in [2.75, 3.05) is 25.6 Å². The molecule has 0 aliphatic heterocycles. The minimum Gasteiger partial charge on any atom is -0.383 e. The minimum absolute atomic E-state index is 0.211. The lowest BCUT2D eigenvalue weighted by Gasteiger charge is -2.14. The maximum absolute atomic E-state index is 11.5. The third kappa shape index (κ3) is 3.10. The number of pyridine rings is 2. The summed E-state index contributed by atoms with van der Waals surface area (Å²) in [6.45, 7) is 1.06. The molecule has 2 aromatic heterocycles. The molecular formula is C14H16N4O2. The van der Waals surface area contributed by atoms with E-state index >= 15 is 0 Å². The average Bonchev–Trinajstić information content (AvgIpc) is 2.48. The molecule has 0 aliphatic carbocycles. The fourth-order valence-electron chi connectivity index (χ4n) is 1.87. The zero-order valence-corrected chi connectivity index (χ0v) is 11.2. The third-order valence-electron chi connectivity index (χ3n) is 2.76. The molecule has 6 heteroatoms. The molecule has 3 N–H and O–H groups in total. The van der Waals surface area contributed by atoms with Gasteiger partial charge in [0, 0.05) is 43.4 Å². The highest BCUT2D eigenvalue weighted by Crippen LogP contribution is 2.29. The van der Waals surface area contributed by atoms with Crippen LogP contribution in [0.25, 0.3) is 11.1 Å². The largest absolute Gasteiger partial charge is 0.383 e. The van der Waals surface area contributed by atoms with Crippen LogP contribution in [0.5, 0.6) is 0 Å². The highest BCUT2D eigenvalue weighted by atomic mass is 16.5. The summed E-state index contributed by atoms with van der Waals surface area (Å²) in [6.07, 6.45) is 4.98. The van der Waals surface area contributed by atoms with E-state index in [1.807, 2.05) is 18.2 Å². The Morgan fingerprint density at radius 2 is 2.25 bits per heavy atom. The SMILES string of the molecule is COCCNc1c(-c2cccnc2)ccnc1C(N)=O. The van der Waals surface area contributed by atoms with Gasteiger partial charge in [-0.05, 0) is 12.1 Å². The fourth-order valence-corrected chi connectivity index (χ4v) is 1.87. The van der Waals surface area contributed by atoms with Crippen LogP contribution >= 0.6 is 0 Å². The predicted molar refractivity (Wildman–Crippen MR) is 76.4 cm³/mol. The minimum atomic E-state index is -0.573. The van der Waals surface area contributed by atoms with Crippen molar-refractivity contribution in [2.45, 2.75) is 0 Å². The summed E-state index contributed by atoms with van der Waals surface area (Å²) in [6, 6.07) is 5.56. The summed E-state index contributed by atoms with van der Waals surface area (Å²) in [5, 5.41) is 3.15. The molecule has 2 heterocycles. The molecule has 2 aromatic rings. The van der Waals surface area contributed by atoms with Crippen molar-refractivity contribution in [1.29, 1.82) is 0 Å². The van der Waals surface area contributed by atoms with Gasteiger partial charge in [0.1, 0.15) is 0 Å². The van der Waals surface area contributed by atoms with Crippen molar-refractivity contribution in [1.82, 2.24) is 9.97 Å². The highest BCUT2D eigenvalue weighted by Gasteiger charge is 2.15. The molecule has 104 valence electrons. The van der Waals surface area contributed by atoms with E-state index in [0.717, 1.165) is 11.1 Å². The van der Waals surface area contributed by atoms with Gasteiger partial charge in [-0.3, -0.25) is 9.78 Å². The summed E-state index contributed by atoms with van der Waals surface area (Å²) in [4.78, 5) is 19.6. The van der Waals surface area contributed by atoms with Crippen molar-refractivity contribution in [2.24, 2.45) is 5.73 Å². The number of carbonyl (C=O) groups is 1. The van der Waals surface area contributed by atoms with Crippen LogP contribution in [0, 0.1) is 0 Å². The fraction of sp³-hybridized carbons (Fsp3) is 0.214. The molecule has 0 unspecified atom stereocenters. The zero-order chi connectivity index (χ0) is 14.4. The van der Waals surface area contributed by atoms with Gasteiger partial charge < -0.3 is 15.8 Å². The molecule has 0 radical (unpaired) electrons. The predicted octanol–water partition coefficient (Wildman–Crippen LogP) is 1.30. The number of hydrogen-bond acceptors (Lipinski definition) is 5. The van der Waals surface area contributed by atoms with Gasteiger partial charge in [0.15, 0.2) is 5.69 Å². The smallest absolute Gasteiger partial charge is 0.269 e. The van der Waals surface area contributed by atoms with Gasteiger partial charge >= 0.3 is 0 Å². The van der Waals surface area contributed by atoms with Crippen LogP contribution < -0.4 is 11.1 Å². The molecule has 0 aliphatic rings. The van der Waals surface area contributed by atoms with Gasteiger partial charge in [0.25, 0.3) is 5.91 Å². The van der Waals surface area contributed by atoms with Gasteiger partial charge in [-0.25, -0.2) is 4.98 Å². The van der Waals surface area contributed by atoms with Gasteiger partial charge in [-0.2, -0.15) is 0 Å². The first-order chi connectivity index (χ1) is 9.74. The second-order valence-electron chi connectivity index (χ2n) is 4.11. The Bertz CT molecular complexity index is 587. The Morgan fingerprint density at radius 3 is 2.90 bits per heavy atom. The number of nitrogens with two attached hydrogens (primary N) is 1. The number of hydrogen-bond donors (Lipinski definition) is 2. The molecule has 2 rings (SSSR count). The van der Waals surface area contributed by atoms with Crippen molar-refractivity contribution in [3.8, 4) is 11.1 Å². The van der Waals surface area contributed by atoms with E-state index in [1.165, 1.54) is 0 Å². The molecule has 0 spiro atoms. The van der Waals surface area contributed by atoms with E-state index in [0.29, 0.717) is 18.8 Å². The van der Waals surface area contributed by atoms with E-state index in [4.69, 9.17) is 10.5 Å². The monoisotopic (exact) mass is 272 g/mol. The van der Waals surface area contributed by atoms with E-state index < -0.39 is 5.91 Å². The summed E-state index contributed by atoms with van der Waals surface area (Å²) >= 11 is 0. The molecule has 1 amide bonds. The summed E-state index contributed by atoms with van der Waals surface area (Å²) < 4.78 is 5.00. The molecule has 20 heavy (non-hydrogen) atoms. The van der Waals surface area contributed by atoms with Crippen molar-refractivity contribution >= 4 is 11.6 Å². The number of methoxy groups -OCH3 is 1. The number of primary amides is 1. The standard InChI is InChI=1S/C14H16N4O2/c1-20-8-7-18-12-11(10-3-2-5-16-9-10)4-6-17-13(12)14(15)19/h2-6,9,18H,7-8H2,1H3,(H2,15,19). The second kappa shape index (κ2) is 6.63. The number of nitrogens with zero attached hydrogens (tertiary/aromatic N) is 2. The number of anilines is 1. The van der Waals surface area contributed by atoms with Crippen molar-refractivity contribution < 1.29 is 9.53 Å². The molecule has 0 atom stereocenters. The average molecular weight is 272 g/mol. The van der Waals surface area contributed by atoms with Crippen LogP contribution in [-0.2, 0) is 4.74 Å². The Morgan fingerprint density at radius 1 is 1.40 bits per heavy atom. The van der Waals surface area contributed by atoms with E-state index in [2.05, 4.69) is 15.3 Å². The number of ether oxygens (including phenoxy) is 1. The lowest BCUT2D eigenvalue weighted by Crippen LogP contribution is -2.18. The van der Waals surface area contributed by atoms with Gasteiger partial charge in [0.2, 0.25) is 0 Å². The summed E-state index contributed by atoms with van der Waals surface area (Å²) in [7, 11) is 1.61. The van der Waals surface area contributed by atoms with Crippen LogP contribution in [-0.4, -0.2) is 36.1 Å². The maximum Gasteiger partial charge on any atom is 0.269 e. The Balaban J connectivity index is 2.45. The van der Waals surface area contributed by atoms with E-state index in [1.54, 1.807) is 25.7 Å². The first kappa shape index (κ1) is 14.0. The molecule has 6 nitrogen and oxygen atoms in total. The molecule has 0 bridgehead atoms. The number of rotatable bonds is 6. The van der Waals surface area contributed by atoms with Crippen molar-refractivity contribution in [3.63, 3.8) is 0 Å². The lowest BCUT2D eigenvalue weighted by molar-refractivity contribution is 0.0996. The van der Waals surface area contributed by atoms with E-state index in [-0.39, 0.29) is 5.69 Å². The molecule has 0 saturated carbocycles. The Kier molecular flexibility index (Phi) is 4.62. The third-order valence-corrected chi connectivity index (χ3v) is 2.76. The van der Waals surface area contributed by atoms with Crippen LogP contribution in [0.2, 0.25) is 0 Å². The van der Waals surface area contributed by atoms with Crippen LogP contribution in [0.3, 0.4) is 0 Å². The zero-order valence-electron chi connectivity index (χ0n) is 11.2. The van der Waals surface area contributed by atoms with Crippen LogP contribution in [0.1, 0.15) is 10.5 Å². The first-order valence-electron chi connectivity index (χ1n) is 6.16. The number of carbonyl (C=O) groups excluding carboxylic acids is 1. The normalized spacial score (nSPS) is 10.2. The summed E-state index contributed by atoms with van der Waals surface area (Å²) in [5.74, 6) is -0.573. The van der Waals surface area contributed by atoms with Gasteiger partial charge in [-0.1, -0.05) is 6.07 Å². The topological polar surface area (TPSA) is 90.1 Å². The lowest BCUT2D eigenvalue weighted by atomic mass is 10.1. The molecular weight excluding hydrogens is 256 g/mol. The second-order valence-corrected chi connectivity index (χ2v) is 4.11. The maximum atomic E-state index is 11.5. The Hall–Kier alpha value is -2.47. The van der Waals surface area contributed by atoms with Gasteiger partial charge in [0.05, 0.1) is 12.3 Å². The Labute approximate surface area is 117 Å². The molecule has 0 fully saturated rings. The molecule has 0 saturated heterocycles. The number of amides is 1. The number of nitrogens with one attached hydrogen (secondary N) is 1. The van der Waals surface area contributed by atoms with Crippen LogP contribution in [0.15, 0.2) is 36.8 Å². The van der Waals surface area contributed by atoms with Crippen molar-refractivity contribution in [3.05, 3.63) is 42.5 Å². The first-order valence-corrected chi connectivity index (χ1v) is 6.16. The van der Waals surface area contributed by atoms with E-state index in [9.17, 15) is 4.79 Å². The molecule has 0 aromatic carbocycles. The van der Waals surface area contributed by atoms with Gasteiger partial charge in [-0.15, -0.1) is 0 Å². The van der Waals surface area contributed by atoms with Crippen LogP contribution in [0.4, 0.5) is 5.69 Å². The quantitative estimate of drug-likeness (QED) is 0.774. The number of aromatic nitrogens is 2. The highest BCUT2D eigenvalue weighted by molar-refractivity contribution is 6.00.